The molecular formula is C12H15Cl2NO2. The van der Waals surface area contributed by atoms with Crippen molar-refractivity contribution < 1.29 is 9.47 Å². The Kier molecular flexibility index (Phi) is 5.07. The monoisotopic (exact) mass is 275 g/mol. The predicted octanol–water partition coefficient (Wildman–Crippen LogP) is 2.50. The second-order valence-corrected chi connectivity index (χ2v) is 4.78. The van der Waals surface area contributed by atoms with E-state index >= 15 is 0 Å². The van der Waals surface area contributed by atoms with Crippen molar-refractivity contribution in [3.05, 3.63) is 33.8 Å². The summed E-state index contributed by atoms with van der Waals surface area (Å²) in [4.78, 5) is 0. The van der Waals surface area contributed by atoms with Crippen molar-refractivity contribution in [1.29, 1.82) is 0 Å². The molecule has 1 N–H and O–H groups in total. The summed E-state index contributed by atoms with van der Waals surface area (Å²) >= 11 is 11.9. The molecule has 1 heterocycles. The van der Waals surface area contributed by atoms with Crippen LogP contribution in [-0.4, -0.2) is 32.5 Å². The fraction of sp³-hybridized carbons (Fsp3) is 0.500. The van der Waals surface area contributed by atoms with Crippen LogP contribution in [-0.2, 0) is 16.0 Å². The van der Waals surface area contributed by atoms with Gasteiger partial charge in [-0.05, 0) is 17.7 Å². The molecule has 5 heteroatoms. The van der Waals surface area contributed by atoms with E-state index in [0.29, 0.717) is 36.4 Å². The summed E-state index contributed by atoms with van der Waals surface area (Å²) in [6.45, 7) is 3.49. The van der Waals surface area contributed by atoms with Crippen molar-refractivity contribution in [2.45, 2.75) is 12.6 Å². The minimum Gasteiger partial charge on any atom is -0.376 e. The minimum absolute atomic E-state index is 0.134. The molecule has 0 radical (unpaired) electrons. The van der Waals surface area contributed by atoms with Crippen LogP contribution < -0.4 is 5.32 Å². The number of ether oxygens (including phenoxy) is 2. The van der Waals surface area contributed by atoms with Gasteiger partial charge in [0, 0.05) is 23.1 Å². The third-order valence-corrected chi connectivity index (χ3v) is 3.17. The van der Waals surface area contributed by atoms with Gasteiger partial charge in [0.15, 0.2) is 0 Å². The van der Waals surface area contributed by atoms with Crippen molar-refractivity contribution in [3.8, 4) is 0 Å². The van der Waals surface area contributed by atoms with Crippen molar-refractivity contribution in [3.63, 3.8) is 0 Å². The minimum atomic E-state index is 0.134. The van der Waals surface area contributed by atoms with Gasteiger partial charge in [-0.2, -0.15) is 0 Å². The summed E-state index contributed by atoms with van der Waals surface area (Å²) in [7, 11) is 0. The maximum atomic E-state index is 6.07. The average Bonchev–Trinajstić information content (AvgIpc) is 2.33. The van der Waals surface area contributed by atoms with Crippen LogP contribution in [0.1, 0.15) is 5.56 Å². The van der Waals surface area contributed by atoms with Crippen LogP contribution in [0.15, 0.2) is 18.2 Å². The second kappa shape index (κ2) is 6.57. The van der Waals surface area contributed by atoms with Gasteiger partial charge >= 0.3 is 0 Å². The van der Waals surface area contributed by atoms with Crippen LogP contribution in [0.25, 0.3) is 0 Å². The molecule has 1 aromatic carbocycles. The van der Waals surface area contributed by atoms with Gasteiger partial charge in [0.2, 0.25) is 0 Å². The smallest absolute Gasteiger partial charge is 0.0933 e. The van der Waals surface area contributed by atoms with Crippen molar-refractivity contribution in [1.82, 2.24) is 5.32 Å². The molecule has 0 aromatic heterocycles. The molecule has 1 saturated heterocycles. The maximum absolute atomic E-state index is 6.07. The van der Waals surface area contributed by atoms with E-state index in [2.05, 4.69) is 5.32 Å². The van der Waals surface area contributed by atoms with Crippen LogP contribution in [0, 0.1) is 0 Å². The lowest BCUT2D eigenvalue weighted by atomic mass is 10.2. The summed E-state index contributed by atoms with van der Waals surface area (Å²) < 4.78 is 10.8. The number of hydrogen-bond donors (Lipinski definition) is 1. The fourth-order valence-electron chi connectivity index (χ4n) is 1.69. The number of halogens is 2. The van der Waals surface area contributed by atoms with Crippen molar-refractivity contribution in [2.75, 3.05) is 26.4 Å². The molecule has 2 rings (SSSR count). The van der Waals surface area contributed by atoms with Crippen LogP contribution in [0.5, 0.6) is 0 Å². The second-order valence-electron chi connectivity index (χ2n) is 3.93. The van der Waals surface area contributed by atoms with E-state index < -0.39 is 0 Å². The Labute approximate surface area is 111 Å². The summed E-state index contributed by atoms with van der Waals surface area (Å²) in [6.07, 6.45) is 0.134. The summed E-state index contributed by atoms with van der Waals surface area (Å²) in [6, 6.07) is 5.51. The Morgan fingerprint density at radius 1 is 1.29 bits per heavy atom. The zero-order valence-electron chi connectivity index (χ0n) is 9.42. The lowest BCUT2D eigenvalue weighted by Gasteiger charge is -2.23. The molecule has 94 valence electrons. The zero-order valence-corrected chi connectivity index (χ0v) is 10.9. The third kappa shape index (κ3) is 4.12. The van der Waals surface area contributed by atoms with E-state index in [1.807, 2.05) is 12.1 Å². The maximum Gasteiger partial charge on any atom is 0.0933 e. The molecule has 0 amide bonds. The molecule has 1 aliphatic rings. The summed E-state index contributed by atoms with van der Waals surface area (Å²) in [5.41, 5.74) is 1.03. The van der Waals surface area contributed by atoms with Gasteiger partial charge in [-0.3, -0.25) is 0 Å². The largest absolute Gasteiger partial charge is 0.376 e. The molecule has 17 heavy (non-hydrogen) atoms. The number of benzene rings is 1. The molecule has 1 fully saturated rings. The topological polar surface area (TPSA) is 30.5 Å². The Bertz CT molecular complexity index is 368. The van der Waals surface area contributed by atoms with Gasteiger partial charge in [-0.1, -0.05) is 29.3 Å². The Balaban J connectivity index is 1.77. The molecule has 1 unspecified atom stereocenters. The van der Waals surface area contributed by atoms with Crippen LogP contribution in [0.4, 0.5) is 0 Å². The van der Waals surface area contributed by atoms with Crippen molar-refractivity contribution in [2.24, 2.45) is 0 Å². The number of hydrogen-bond acceptors (Lipinski definition) is 3. The van der Waals surface area contributed by atoms with Gasteiger partial charge in [-0.15, -0.1) is 0 Å². The molecule has 1 atom stereocenters. The lowest BCUT2D eigenvalue weighted by molar-refractivity contribution is -0.0864. The molecule has 3 nitrogen and oxygen atoms in total. The first-order valence-electron chi connectivity index (χ1n) is 5.59. The SMILES string of the molecule is Clc1ccc(CNCC2COCCO2)c(Cl)c1. The molecule has 0 saturated carbocycles. The summed E-state index contributed by atoms with van der Waals surface area (Å²) in [5, 5.41) is 4.64. The molecule has 0 bridgehead atoms. The Morgan fingerprint density at radius 2 is 2.18 bits per heavy atom. The van der Waals surface area contributed by atoms with Gasteiger partial charge in [0.05, 0.1) is 25.9 Å². The van der Waals surface area contributed by atoms with Gasteiger partial charge in [0.25, 0.3) is 0 Å². The van der Waals surface area contributed by atoms with E-state index in [9.17, 15) is 0 Å². The quantitative estimate of drug-likeness (QED) is 0.916. The molecule has 1 aliphatic heterocycles. The van der Waals surface area contributed by atoms with E-state index in [1.165, 1.54) is 0 Å². The summed E-state index contributed by atoms with van der Waals surface area (Å²) in [5.74, 6) is 0. The normalized spacial score (nSPS) is 20.5. The van der Waals surface area contributed by atoms with E-state index in [-0.39, 0.29) is 6.10 Å². The first-order chi connectivity index (χ1) is 8.25. The number of rotatable bonds is 4. The van der Waals surface area contributed by atoms with Gasteiger partial charge < -0.3 is 14.8 Å². The first kappa shape index (κ1) is 13.1. The third-order valence-electron chi connectivity index (χ3n) is 2.59. The highest BCUT2D eigenvalue weighted by atomic mass is 35.5. The van der Waals surface area contributed by atoms with E-state index in [0.717, 1.165) is 12.1 Å². The first-order valence-corrected chi connectivity index (χ1v) is 6.35. The highest BCUT2D eigenvalue weighted by molar-refractivity contribution is 6.35. The highest BCUT2D eigenvalue weighted by Gasteiger charge is 2.13. The molecule has 0 spiro atoms. The Morgan fingerprint density at radius 3 is 2.88 bits per heavy atom. The van der Waals surface area contributed by atoms with Gasteiger partial charge in [0.1, 0.15) is 0 Å². The highest BCUT2D eigenvalue weighted by Crippen LogP contribution is 2.20. The van der Waals surface area contributed by atoms with Crippen molar-refractivity contribution >= 4 is 23.2 Å². The molecule has 0 aliphatic carbocycles. The molecular weight excluding hydrogens is 261 g/mol. The van der Waals surface area contributed by atoms with Crippen LogP contribution in [0.2, 0.25) is 10.0 Å². The number of nitrogens with one attached hydrogen (secondary N) is 1. The van der Waals surface area contributed by atoms with E-state index in [4.69, 9.17) is 32.7 Å². The van der Waals surface area contributed by atoms with Crippen LogP contribution in [0.3, 0.4) is 0 Å². The Hall–Kier alpha value is -0.320. The van der Waals surface area contributed by atoms with Gasteiger partial charge in [-0.25, -0.2) is 0 Å². The zero-order chi connectivity index (χ0) is 12.1. The van der Waals surface area contributed by atoms with E-state index in [1.54, 1.807) is 6.07 Å². The van der Waals surface area contributed by atoms with Crippen LogP contribution >= 0.6 is 23.2 Å². The standard InChI is InChI=1S/C12H15Cl2NO2/c13-10-2-1-9(12(14)5-10)6-15-7-11-8-16-3-4-17-11/h1-2,5,11,15H,3-4,6-8H2. The fourth-order valence-corrected chi connectivity index (χ4v) is 2.16. The molecule has 1 aromatic rings. The average molecular weight is 276 g/mol. The predicted molar refractivity (Wildman–Crippen MR) is 68.7 cm³/mol. The lowest BCUT2D eigenvalue weighted by Crippen LogP contribution is -2.37.